The molecule has 1 aromatic rings. The number of rotatable bonds is 3. The summed E-state index contributed by atoms with van der Waals surface area (Å²) in [5.41, 5.74) is -0.882. The fourth-order valence-electron chi connectivity index (χ4n) is 1.03. The van der Waals surface area contributed by atoms with E-state index in [2.05, 4.69) is 26.2 Å². The molecule has 0 aliphatic heterocycles. The molecule has 0 radical (unpaired) electrons. The van der Waals surface area contributed by atoms with Crippen LogP contribution in [0, 0.1) is 0 Å². The van der Waals surface area contributed by atoms with Crippen molar-refractivity contribution >= 4 is 27.4 Å². The van der Waals surface area contributed by atoms with E-state index in [1.165, 1.54) is 12.1 Å². The van der Waals surface area contributed by atoms with Gasteiger partial charge in [-0.25, -0.2) is 0 Å². The molecule has 1 aromatic carbocycles. The lowest BCUT2D eigenvalue weighted by Gasteiger charge is -2.06. The van der Waals surface area contributed by atoms with Crippen molar-refractivity contribution in [1.29, 1.82) is 0 Å². The Hall–Kier alpha value is -1.70. The maximum atomic E-state index is 12.3. The van der Waals surface area contributed by atoms with Gasteiger partial charge in [0.1, 0.15) is 0 Å². The van der Waals surface area contributed by atoms with Crippen LogP contribution >= 0.6 is 15.9 Å². The molecule has 0 aliphatic carbocycles. The molecule has 1 rings (SSSR count). The first kappa shape index (κ1) is 15.4. The van der Waals surface area contributed by atoms with Crippen LogP contribution < -0.4 is 0 Å². The molecule has 4 nitrogen and oxygen atoms in total. The number of benzene rings is 1. The van der Waals surface area contributed by atoms with Crippen LogP contribution in [0.5, 0.6) is 0 Å². The minimum absolute atomic E-state index is 0.247. The number of ketones is 1. The largest absolute Gasteiger partial charge is 0.503 e. The maximum Gasteiger partial charge on any atom is 0.451 e. The van der Waals surface area contributed by atoms with E-state index in [9.17, 15) is 18.0 Å². The van der Waals surface area contributed by atoms with Crippen molar-refractivity contribution in [2.24, 2.45) is 10.2 Å². The number of azo groups is 1. The van der Waals surface area contributed by atoms with Crippen LogP contribution in [0.15, 0.2) is 50.4 Å². The lowest BCUT2D eigenvalue weighted by atomic mass is 10.3. The van der Waals surface area contributed by atoms with Crippen LogP contribution in [0.4, 0.5) is 18.9 Å². The van der Waals surface area contributed by atoms with Crippen molar-refractivity contribution in [2.75, 3.05) is 0 Å². The Balaban J connectivity index is 3.11. The number of Topliss-reactive ketones (excluding diaryl/α,β-unsaturated/α-hetero) is 1. The average molecular weight is 337 g/mol. The molecule has 0 heterocycles. The second-order valence-corrected chi connectivity index (χ2v) is 4.34. The molecule has 0 amide bonds. The fraction of sp³-hybridized carbons (Fsp3) is 0.182. The first-order valence-corrected chi connectivity index (χ1v) is 5.70. The molecule has 0 atom stereocenters. The summed E-state index contributed by atoms with van der Waals surface area (Å²) in [6.45, 7) is 0.859. The molecule has 0 bridgehead atoms. The topological polar surface area (TPSA) is 62.0 Å². The zero-order valence-electron chi connectivity index (χ0n) is 9.57. The smallest absolute Gasteiger partial charge is 0.451 e. The number of nitrogens with zero attached hydrogens (tertiary/aromatic N) is 2. The van der Waals surface area contributed by atoms with E-state index in [1.807, 2.05) is 0 Å². The van der Waals surface area contributed by atoms with Crippen molar-refractivity contribution in [1.82, 2.24) is 0 Å². The summed E-state index contributed by atoms with van der Waals surface area (Å²) in [5, 5.41) is 15.5. The molecule has 8 heteroatoms. The van der Waals surface area contributed by atoms with Gasteiger partial charge in [0, 0.05) is 11.4 Å². The number of aliphatic hydroxyl groups excluding tert-OH is 1. The molecule has 0 unspecified atom stereocenters. The third kappa shape index (κ3) is 4.47. The van der Waals surface area contributed by atoms with Gasteiger partial charge in [-0.05, 0) is 24.3 Å². The highest BCUT2D eigenvalue weighted by atomic mass is 79.9. The number of halogens is 4. The predicted molar refractivity (Wildman–Crippen MR) is 65.0 cm³/mol. The molecule has 0 saturated carbocycles. The SMILES string of the molecule is CC(=O)C(N=Nc1ccc(Br)cc1)=C(O)C(F)(F)F. The molecule has 19 heavy (non-hydrogen) atoms. The number of carbonyl (C=O) groups is 1. The highest BCUT2D eigenvalue weighted by Gasteiger charge is 2.38. The summed E-state index contributed by atoms with van der Waals surface area (Å²) in [7, 11) is 0. The van der Waals surface area contributed by atoms with E-state index in [0.29, 0.717) is 0 Å². The summed E-state index contributed by atoms with van der Waals surface area (Å²) in [5.74, 6) is -3.09. The van der Waals surface area contributed by atoms with Crippen molar-refractivity contribution in [3.05, 3.63) is 40.2 Å². The van der Waals surface area contributed by atoms with Gasteiger partial charge in [-0.3, -0.25) is 4.79 Å². The van der Waals surface area contributed by atoms with Gasteiger partial charge < -0.3 is 5.11 Å². The maximum absolute atomic E-state index is 12.3. The number of aliphatic hydroxyl groups is 1. The summed E-state index contributed by atoms with van der Waals surface area (Å²) >= 11 is 3.17. The predicted octanol–water partition coefficient (Wildman–Crippen LogP) is 4.45. The van der Waals surface area contributed by atoms with E-state index in [1.54, 1.807) is 12.1 Å². The summed E-state index contributed by atoms with van der Waals surface area (Å²) in [6.07, 6.45) is -5.04. The van der Waals surface area contributed by atoms with Crippen molar-refractivity contribution in [2.45, 2.75) is 13.1 Å². The van der Waals surface area contributed by atoms with Gasteiger partial charge in [-0.1, -0.05) is 15.9 Å². The Morgan fingerprint density at radius 1 is 1.26 bits per heavy atom. The Bertz CT molecular complexity index is 536. The monoisotopic (exact) mass is 336 g/mol. The lowest BCUT2D eigenvalue weighted by Crippen LogP contribution is -2.16. The third-order valence-corrected chi connectivity index (χ3v) is 2.45. The van der Waals surface area contributed by atoms with Crippen LogP contribution in [0.2, 0.25) is 0 Å². The molecule has 1 N–H and O–H groups in total. The summed E-state index contributed by atoms with van der Waals surface area (Å²) in [4.78, 5) is 11.0. The van der Waals surface area contributed by atoms with Crippen molar-refractivity contribution in [3.63, 3.8) is 0 Å². The summed E-state index contributed by atoms with van der Waals surface area (Å²) < 4.78 is 37.6. The quantitative estimate of drug-likeness (QED) is 0.503. The number of alkyl halides is 3. The highest BCUT2D eigenvalue weighted by Crippen LogP contribution is 2.27. The van der Waals surface area contributed by atoms with Gasteiger partial charge in [-0.2, -0.15) is 18.3 Å². The molecule has 0 spiro atoms. The zero-order valence-corrected chi connectivity index (χ0v) is 11.2. The second-order valence-electron chi connectivity index (χ2n) is 3.43. The Kier molecular flexibility index (Phi) is 4.82. The highest BCUT2D eigenvalue weighted by molar-refractivity contribution is 9.10. The van der Waals surface area contributed by atoms with Crippen LogP contribution in [0.3, 0.4) is 0 Å². The van der Waals surface area contributed by atoms with Crippen LogP contribution in [0.25, 0.3) is 0 Å². The van der Waals surface area contributed by atoms with Crippen LogP contribution in [-0.4, -0.2) is 17.1 Å². The first-order chi connectivity index (χ1) is 8.71. The molecule has 0 aromatic heterocycles. The Morgan fingerprint density at radius 2 is 1.79 bits per heavy atom. The lowest BCUT2D eigenvalue weighted by molar-refractivity contribution is -0.126. The number of hydrogen-bond donors (Lipinski definition) is 1. The average Bonchev–Trinajstić information content (AvgIpc) is 2.30. The molecule has 0 aliphatic rings. The number of carbonyl (C=O) groups excluding carboxylic acids is 1. The minimum Gasteiger partial charge on any atom is -0.503 e. The van der Waals surface area contributed by atoms with E-state index < -0.39 is 23.4 Å². The fourth-order valence-corrected chi connectivity index (χ4v) is 1.30. The van der Waals surface area contributed by atoms with Crippen molar-refractivity contribution in [3.8, 4) is 0 Å². The van der Waals surface area contributed by atoms with Gasteiger partial charge in [0.25, 0.3) is 0 Å². The van der Waals surface area contributed by atoms with Gasteiger partial charge in [0.2, 0.25) is 5.76 Å². The standard InChI is InChI=1S/C11H8BrF3N2O2/c1-6(18)9(10(19)11(13,14)15)17-16-8-4-2-7(12)3-5-8/h2-5,19H,1H3. The Labute approximate surface area is 114 Å². The number of allylic oxidation sites excluding steroid dienone is 2. The van der Waals surface area contributed by atoms with E-state index in [0.717, 1.165) is 11.4 Å². The van der Waals surface area contributed by atoms with Gasteiger partial charge in [0.15, 0.2) is 11.5 Å². The second kappa shape index (κ2) is 5.96. The number of hydrogen-bond acceptors (Lipinski definition) is 4. The molecule has 102 valence electrons. The minimum atomic E-state index is -5.04. The normalized spacial score (nSPS) is 13.5. The van der Waals surface area contributed by atoms with E-state index in [4.69, 9.17) is 5.11 Å². The van der Waals surface area contributed by atoms with Crippen LogP contribution in [-0.2, 0) is 4.79 Å². The molecule has 0 fully saturated rings. The third-order valence-electron chi connectivity index (χ3n) is 1.92. The zero-order chi connectivity index (χ0) is 14.6. The van der Waals surface area contributed by atoms with E-state index in [-0.39, 0.29) is 5.69 Å². The molecular weight excluding hydrogens is 329 g/mol. The van der Waals surface area contributed by atoms with Crippen LogP contribution in [0.1, 0.15) is 6.92 Å². The van der Waals surface area contributed by atoms with Gasteiger partial charge in [0.05, 0.1) is 5.69 Å². The van der Waals surface area contributed by atoms with Gasteiger partial charge in [-0.15, -0.1) is 5.11 Å². The molecule has 0 saturated heterocycles. The van der Waals surface area contributed by atoms with Gasteiger partial charge >= 0.3 is 6.18 Å². The molecular formula is C11H8BrF3N2O2. The Morgan fingerprint density at radius 3 is 2.21 bits per heavy atom. The summed E-state index contributed by atoms with van der Waals surface area (Å²) in [6, 6.07) is 6.18. The van der Waals surface area contributed by atoms with E-state index >= 15 is 0 Å². The first-order valence-electron chi connectivity index (χ1n) is 4.90. The van der Waals surface area contributed by atoms with Crippen molar-refractivity contribution < 1.29 is 23.1 Å².